The molecule has 0 saturated heterocycles. The van der Waals surface area contributed by atoms with Gasteiger partial charge in [-0.1, -0.05) is 6.92 Å². The maximum Gasteiger partial charge on any atom is 0.270 e. The first-order valence-electron chi connectivity index (χ1n) is 5.30. The van der Waals surface area contributed by atoms with Crippen LogP contribution in [0.3, 0.4) is 0 Å². The molecule has 0 aliphatic rings. The highest BCUT2D eigenvalue weighted by molar-refractivity contribution is 7.98. The van der Waals surface area contributed by atoms with Gasteiger partial charge < -0.3 is 15.6 Å². The standard InChI is InChI=1S/C11H19N3OS/c1-4-9(7-16-3)14(2)11(15)10-5-8(12)6-13-10/h5-6,9,13H,4,7,12H2,1-3H3. The van der Waals surface area contributed by atoms with Crippen molar-refractivity contribution in [2.24, 2.45) is 0 Å². The lowest BCUT2D eigenvalue weighted by atomic mass is 10.2. The smallest absolute Gasteiger partial charge is 0.270 e. The minimum absolute atomic E-state index is 0.00222. The molecule has 0 bridgehead atoms. The van der Waals surface area contributed by atoms with Crippen LogP contribution >= 0.6 is 11.8 Å². The van der Waals surface area contributed by atoms with E-state index in [1.54, 1.807) is 28.9 Å². The van der Waals surface area contributed by atoms with Crippen LogP contribution in [-0.4, -0.2) is 40.9 Å². The van der Waals surface area contributed by atoms with Gasteiger partial charge in [0.1, 0.15) is 5.69 Å². The molecule has 0 fully saturated rings. The lowest BCUT2D eigenvalue weighted by Gasteiger charge is -2.26. The molecule has 3 N–H and O–H groups in total. The van der Waals surface area contributed by atoms with Gasteiger partial charge in [-0.2, -0.15) is 11.8 Å². The summed E-state index contributed by atoms with van der Waals surface area (Å²) in [5.74, 6) is 0.951. The Bertz CT molecular complexity index is 351. The van der Waals surface area contributed by atoms with Gasteiger partial charge in [0.05, 0.1) is 0 Å². The Morgan fingerprint density at radius 1 is 1.69 bits per heavy atom. The fourth-order valence-electron chi connectivity index (χ4n) is 1.59. The third kappa shape index (κ3) is 2.95. The predicted molar refractivity (Wildman–Crippen MR) is 69.8 cm³/mol. The van der Waals surface area contributed by atoms with Crippen LogP contribution in [0.4, 0.5) is 5.69 Å². The lowest BCUT2D eigenvalue weighted by molar-refractivity contribution is 0.0738. The normalized spacial score (nSPS) is 12.4. The second-order valence-electron chi connectivity index (χ2n) is 3.78. The fraction of sp³-hybridized carbons (Fsp3) is 0.545. The highest BCUT2D eigenvalue weighted by Gasteiger charge is 2.20. The molecular weight excluding hydrogens is 222 g/mol. The summed E-state index contributed by atoms with van der Waals surface area (Å²) in [4.78, 5) is 16.7. The summed E-state index contributed by atoms with van der Waals surface area (Å²) in [5, 5.41) is 0. The quantitative estimate of drug-likeness (QED) is 0.826. The SMILES string of the molecule is CCC(CSC)N(C)C(=O)c1cc(N)c[nH]1. The third-order valence-electron chi connectivity index (χ3n) is 2.63. The van der Waals surface area contributed by atoms with E-state index in [0.29, 0.717) is 11.4 Å². The van der Waals surface area contributed by atoms with Gasteiger partial charge in [-0.25, -0.2) is 0 Å². The molecule has 1 heterocycles. The highest BCUT2D eigenvalue weighted by atomic mass is 32.2. The van der Waals surface area contributed by atoms with Gasteiger partial charge in [0.25, 0.3) is 5.91 Å². The number of anilines is 1. The molecule has 0 radical (unpaired) electrons. The summed E-state index contributed by atoms with van der Waals surface area (Å²) in [5.41, 5.74) is 6.73. The number of H-pyrrole nitrogens is 1. The Hall–Kier alpha value is -1.10. The molecule has 1 aromatic heterocycles. The van der Waals surface area contributed by atoms with Crippen molar-refractivity contribution in [3.63, 3.8) is 0 Å². The number of nitrogens with zero attached hydrogens (tertiary/aromatic N) is 1. The summed E-state index contributed by atoms with van der Waals surface area (Å²) < 4.78 is 0. The summed E-state index contributed by atoms with van der Waals surface area (Å²) in [6.07, 6.45) is 4.64. The van der Waals surface area contributed by atoms with Crippen LogP contribution in [0.2, 0.25) is 0 Å². The molecule has 16 heavy (non-hydrogen) atoms. The van der Waals surface area contributed by atoms with E-state index in [2.05, 4.69) is 11.9 Å². The molecule has 5 heteroatoms. The second kappa shape index (κ2) is 5.84. The van der Waals surface area contributed by atoms with Crippen LogP contribution < -0.4 is 5.73 Å². The number of amides is 1. The molecule has 0 aromatic carbocycles. The zero-order valence-electron chi connectivity index (χ0n) is 9.99. The van der Waals surface area contributed by atoms with E-state index in [9.17, 15) is 4.79 Å². The number of aromatic nitrogens is 1. The van der Waals surface area contributed by atoms with E-state index in [1.165, 1.54) is 0 Å². The van der Waals surface area contributed by atoms with Gasteiger partial charge in [-0.3, -0.25) is 4.79 Å². The van der Waals surface area contributed by atoms with Crippen molar-refractivity contribution in [3.05, 3.63) is 18.0 Å². The molecule has 1 unspecified atom stereocenters. The van der Waals surface area contributed by atoms with Crippen molar-refractivity contribution >= 4 is 23.4 Å². The van der Waals surface area contributed by atoms with Crippen molar-refractivity contribution in [2.75, 3.05) is 24.8 Å². The van der Waals surface area contributed by atoms with Crippen LogP contribution in [-0.2, 0) is 0 Å². The number of rotatable bonds is 5. The number of thioether (sulfide) groups is 1. The second-order valence-corrected chi connectivity index (χ2v) is 4.69. The van der Waals surface area contributed by atoms with E-state index in [1.807, 2.05) is 13.3 Å². The molecule has 0 saturated carbocycles. The number of carbonyl (C=O) groups is 1. The third-order valence-corrected chi connectivity index (χ3v) is 3.35. The Morgan fingerprint density at radius 3 is 2.81 bits per heavy atom. The van der Waals surface area contributed by atoms with Crippen LogP contribution in [0.25, 0.3) is 0 Å². The molecule has 4 nitrogen and oxygen atoms in total. The van der Waals surface area contributed by atoms with Crippen molar-refractivity contribution in [1.29, 1.82) is 0 Å². The maximum atomic E-state index is 12.1. The average molecular weight is 241 g/mol. The Balaban J connectivity index is 2.72. The van der Waals surface area contributed by atoms with Crippen LogP contribution in [0.1, 0.15) is 23.8 Å². The summed E-state index contributed by atoms with van der Waals surface area (Å²) in [6.45, 7) is 2.09. The van der Waals surface area contributed by atoms with Gasteiger partial charge in [-0.15, -0.1) is 0 Å². The Morgan fingerprint density at radius 2 is 2.38 bits per heavy atom. The number of nitrogens with two attached hydrogens (primary N) is 1. The van der Waals surface area contributed by atoms with Crippen molar-refractivity contribution < 1.29 is 4.79 Å². The van der Waals surface area contributed by atoms with Crippen LogP contribution in [0.15, 0.2) is 12.3 Å². The summed E-state index contributed by atoms with van der Waals surface area (Å²) >= 11 is 1.75. The first-order valence-corrected chi connectivity index (χ1v) is 6.69. The highest BCUT2D eigenvalue weighted by Crippen LogP contribution is 2.13. The predicted octanol–water partition coefficient (Wildman–Crippen LogP) is 1.81. The molecule has 0 spiro atoms. The monoisotopic (exact) mass is 241 g/mol. The van der Waals surface area contributed by atoms with Gasteiger partial charge in [-0.05, 0) is 18.7 Å². The Labute approximate surface area is 101 Å². The van der Waals surface area contributed by atoms with Gasteiger partial charge in [0.15, 0.2) is 0 Å². The summed E-state index contributed by atoms with van der Waals surface area (Å²) in [7, 11) is 1.84. The van der Waals surface area contributed by atoms with Gasteiger partial charge >= 0.3 is 0 Å². The zero-order chi connectivity index (χ0) is 12.1. The van der Waals surface area contributed by atoms with E-state index in [0.717, 1.165) is 12.2 Å². The zero-order valence-corrected chi connectivity index (χ0v) is 10.8. The molecule has 1 rings (SSSR count). The molecule has 1 amide bonds. The number of aromatic amines is 1. The first-order chi connectivity index (χ1) is 7.60. The Kier molecular flexibility index (Phi) is 4.73. The van der Waals surface area contributed by atoms with Crippen LogP contribution in [0, 0.1) is 0 Å². The largest absolute Gasteiger partial charge is 0.397 e. The molecule has 90 valence electrons. The minimum Gasteiger partial charge on any atom is -0.397 e. The van der Waals surface area contributed by atoms with E-state index in [-0.39, 0.29) is 11.9 Å². The number of hydrogen-bond donors (Lipinski definition) is 2. The maximum absolute atomic E-state index is 12.1. The van der Waals surface area contributed by atoms with Crippen molar-refractivity contribution in [1.82, 2.24) is 9.88 Å². The van der Waals surface area contributed by atoms with Crippen molar-refractivity contribution in [2.45, 2.75) is 19.4 Å². The molecular formula is C11H19N3OS. The van der Waals surface area contributed by atoms with Gasteiger partial charge in [0, 0.05) is 30.7 Å². The molecule has 0 aliphatic carbocycles. The average Bonchev–Trinajstić information content (AvgIpc) is 2.70. The lowest BCUT2D eigenvalue weighted by Crippen LogP contribution is -2.38. The van der Waals surface area contributed by atoms with E-state index < -0.39 is 0 Å². The number of nitrogens with one attached hydrogen (secondary N) is 1. The van der Waals surface area contributed by atoms with E-state index >= 15 is 0 Å². The summed E-state index contributed by atoms with van der Waals surface area (Å²) in [6, 6.07) is 1.94. The van der Waals surface area contributed by atoms with Gasteiger partial charge in [0.2, 0.25) is 0 Å². The number of hydrogen-bond acceptors (Lipinski definition) is 3. The van der Waals surface area contributed by atoms with E-state index in [4.69, 9.17) is 5.73 Å². The minimum atomic E-state index is -0.00222. The van der Waals surface area contributed by atoms with Crippen LogP contribution in [0.5, 0.6) is 0 Å². The topological polar surface area (TPSA) is 62.1 Å². The van der Waals surface area contributed by atoms with Crippen molar-refractivity contribution in [3.8, 4) is 0 Å². The number of carbonyl (C=O) groups excluding carboxylic acids is 1. The number of nitrogen functional groups attached to an aromatic ring is 1. The first kappa shape index (κ1) is 13.0. The molecule has 0 aliphatic heterocycles. The molecule has 1 aromatic rings. The fourth-order valence-corrected chi connectivity index (χ4v) is 2.43. The molecule has 1 atom stereocenters.